The second-order valence-corrected chi connectivity index (χ2v) is 9.57. The lowest BCUT2D eigenvalue weighted by Gasteiger charge is -2.34. The Labute approximate surface area is 209 Å². The van der Waals surface area contributed by atoms with Crippen molar-refractivity contribution < 1.29 is 34.2 Å². The molecule has 2 saturated heterocycles. The highest BCUT2D eigenvalue weighted by Crippen LogP contribution is 2.30. The van der Waals surface area contributed by atoms with Crippen molar-refractivity contribution in [1.29, 1.82) is 0 Å². The highest BCUT2D eigenvalue weighted by Gasteiger charge is 2.46. The number of nitrogens with two attached hydrogens (primary N) is 1. The molecule has 1 unspecified atom stereocenters. The largest absolute Gasteiger partial charge is 0.480 e. The maximum absolute atomic E-state index is 12.5. The average Bonchev–Trinajstić information content (AvgIpc) is 3.07. The summed E-state index contributed by atoms with van der Waals surface area (Å²) in [6.07, 6.45) is 3.67. The van der Waals surface area contributed by atoms with Gasteiger partial charge in [-0.25, -0.2) is 0 Å². The van der Waals surface area contributed by atoms with Crippen LogP contribution in [0.25, 0.3) is 0 Å². The molecule has 3 aliphatic heterocycles. The van der Waals surface area contributed by atoms with E-state index in [-0.39, 0.29) is 49.1 Å². The van der Waals surface area contributed by atoms with Crippen LogP contribution in [-0.2, 0) is 14.4 Å². The molecule has 11 heteroatoms. The van der Waals surface area contributed by atoms with Crippen LogP contribution in [0.4, 0.5) is 5.69 Å². The number of benzene rings is 1. The van der Waals surface area contributed by atoms with Crippen molar-refractivity contribution in [3.05, 3.63) is 29.3 Å². The maximum atomic E-state index is 12.5. The molecule has 0 spiro atoms. The van der Waals surface area contributed by atoms with Gasteiger partial charge < -0.3 is 15.9 Å². The van der Waals surface area contributed by atoms with Gasteiger partial charge >= 0.3 is 5.97 Å². The summed E-state index contributed by atoms with van der Waals surface area (Å²) in [5.41, 5.74) is 6.34. The zero-order chi connectivity index (χ0) is 26.6. The summed E-state index contributed by atoms with van der Waals surface area (Å²) in [6.45, 7) is 5.35. The Morgan fingerprint density at radius 2 is 1.69 bits per heavy atom. The Morgan fingerprint density at radius 3 is 2.28 bits per heavy atom. The van der Waals surface area contributed by atoms with Gasteiger partial charge in [-0.2, -0.15) is 0 Å². The number of fused-ring (bicyclic) bond motifs is 1. The number of hydrogen-bond donors (Lipinski definition) is 3. The third-order valence-electron chi connectivity index (χ3n) is 6.73. The molecule has 1 aromatic carbocycles. The van der Waals surface area contributed by atoms with E-state index in [0.29, 0.717) is 5.69 Å². The molecule has 1 aromatic rings. The van der Waals surface area contributed by atoms with E-state index in [1.807, 2.05) is 13.8 Å². The van der Waals surface area contributed by atoms with Gasteiger partial charge in [-0.15, -0.1) is 0 Å². The number of imide groups is 2. The molecule has 11 nitrogen and oxygen atoms in total. The van der Waals surface area contributed by atoms with Crippen molar-refractivity contribution in [2.45, 2.75) is 58.0 Å². The molecule has 0 radical (unpaired) electrons. The van der Waals surface area contributed by atoms with E-state index in [9.17, 15) is 24.0 Å². The van der Waals surface area contributed by atoms with Gasteiger partial charge in [-0.05, 0) is 56.5 Å². The third-order valence-corrected chi connectivity index (χ3v) is 6.73. The molecule has 4 N–H and O–H groups in total. The summed E-state index contributed by atoms with van der Waals surface area (Å²) in [5.74, 6) is -2.68. The standard InChI is InChI=1S/C15H15N3O5.C10H19NO2/c16-8-1-2-9-10(7-8)14(22)18(13(9)21)11-3-4-12(20)17(5-6-19)15(11)23;1-8(2)9(10(12)13)11-6-4-3-5-7-11/h1-2,7,11,19H,3-6,16H2;8-9H,3-7H2,1-2H3,(H,12,13)/t;9-/m.0/s1. The van der Waals surface area contributed by atoms with Crippen LogP contribution in [0.15, 0.2) is 18.2 Å². The van der Waals surface area contributed by atoms with Crippen molar-refractivity contribution >= 4 is 35.3 Å². The summed E-state index contributed by atoms with van der Waals surface area (Å²) in [4.78, 5) is 64.1. The summed E-state index contributed by atoms with van der Waals surface area (Å²) in [6, 6.07) is 3.06. The normalized spacial score (nSPS) is 21.4. The maximum Gasteiger partial charge on any atom is 0.321 e. The van der Waals surface area contributed by atoms with E-state index >= 15 is 0 Å². The molecule has 0 aliphatic carbocycles. The fraction of sp³-hybridized carbons (Fsp3) is 0.560. The number of nitrogens with zero attached hydrogens (tertiary/aromatic N) is 3. The van der Waals surface area contributed by atoms with Crippen LogP contribution >= 0.6 is 0 Å². The number of anilines is 1. The number of rotatable bonds is 6. The highest BCUT2D eigenvalue weighted by atomic mass is 16.4. The fourth-order valence-corrected chi connectivity index (χ4v) is 5.02. The number of aliphatic carboxylic acids is 1. The van der Waals surface area contributed by atoms with Gasteiger partial charge in [0.15, 0.2) is 0 Å². The van der Waals surface area contributed by atoms with Crippen molar-refractivity contribution in [2.75, 3.05) is 32.0 Å². The van der Waals surface area contributed by atoms with E-state index in [4.69, 9.17) is 15.9 Å². The highest BCUT2D eigenvalue weighted by molar-refractivity contribution is 6.23. The Hall–Kier alpha value is -3.31. The van der Waals surface area contributed by atoms with Crippen LogP contribution < -0.4 is 5.73 Å². The van der Waals surface area contributed by atoms with Gasteiger partial charge in [-0.3, -0.25) is 38.7 Å². The van der Waals surface area contributed by atoms with Crippen LogP contribution in [0.3, 0.4) is 0 Å². The number of nitrogen functional groups attached to an aromatic ring is 1. The van der Waals surface area contributed by atoms with Crippen LogP contribution in [0.1, 0.15) is 66.7 Å². The number of amides is 4. The molecule has 36 heavy (non-hydrogen) atoms. The third kappa shape index (κ3) is 5.57. The number of likely N-dealkylation sites (tertiary alicyclic amines) is 2. The number of carboxylic acid groups (broad SMARTS) is 1. The number of β-amino-alcohol motifs (C(OH)–C–C–N with tert-alkyl or cyclic N) is 1. The van der Waals surface area contributed by atoms with Crippen molar-refractivity contribution in [1.82, 2.24) is 14.7 Å². The predicted octanol–water partition coefficient (Wildman–Crippen LogP) is 0.956. The molecule has 3 aliphatic rings. The summed E-state index contributed by atoms with van der Waals surface area (Å²) < 4.78 is 0. The number of carbonyl (C=O) groups excluding carboxylic acids is 4. The lowest BCUT2D eigenvalue weighted by atomic mass is 9.99. The van der Waals surface area contributed by atoms with E-state index in [1.165, 1.54) is 24.6 Å². The van der Waals surface area contributed by atoms with Gasteiger partial charge in [0.2, 0.25) is 5.91 Å². The number of carboxylic acids is 1. The molecular weight excluding hydrogens is 468 g/mol. The summed E-state index contributed by atoms with van der Waals surface area (Å²) >= 11 is 0. The van der Waals surface area contributed by atoms with Gasteiger partial charge in [0.1, 0.15) is 12.1 Å². The first-order chi connectivity index (χ1) is 17.1. The first kappa shape index (κ1) is 27.3. The van der Waals surface area contributed by atoms with Crippen LogP contribution in [0.2, 0.25) is 0 Å². The molecule has 2 atom stereocenters. The molecule has 2 fully saturated rings. The fourth-order valence-electron chi connectivity index (χ4n) is 5.02. The topological polar surface area (TPSA) is 162 Å². The van der Waals surface area contributed by atoms with E-state index in [2.05, 4.69) is 4.90 Å². The predicted molar refractivity (Wildman–Crippen MR) is 130 cm³/mol. The minimum atomic E-state index is -1.03. The molecule has 196 valence electrons. The van der Waals surface area contributed by atoms with E-state index < -0.39 is 35.6 Å². The molecular formula is C25H34N4O7. The lowest BCUT2D eigenvalue weighted by Crippen LogP contribution is -2.56. The van der Waals surface area contributed by atoms with E-state index in [1.54, 1.807) is 0 Å². The first-order valence-electron chi connectivity index (χ1n) is 12.3. The first-order valence-corrected chi connectivity index (χ1v) is 12.3. The summed E-state index contributed by atoms with van der Waals surface area (Å²) in [5, 5.41) is 18.0. The molecule has 4 rings (SSSR count). The molecule has 4 amide bonds. The summed E-state index contributed by atoms with van der Waals surface area (Å²) in [7, 11) is 0. The van der Waals surface area contributed by atoms with Crippen molar-refractivity contribution in [3.63, 3.8) is 0 Å². The number of aliphatic hydroxyl groups excluding tert-OH is 1. The second-order valence-electron chi connectivity index (χ2n) is 9.57. The van der Waals surface area contributed by atoms with Crippen LogP contribution in [-0.4, -0.2) is 92.8 Å². The Bertz CT molecular complexity index is 1040. The smallest absolute Gasteiger partial charge is 0.321 e. The molecule has 3 heterocycles. The Kier molecular flexibility index (Phi) is 8.80. The SMILES string of the molecule is CC(C)[C@@H](C(=O)O)N1CCCCC1.Nc1ccc2c(c1)C(=O)N(C1CCC(=O)N(CCO)C1=O)C2=O. The minimum absolute atomic E-state index is 0.0337. The van der Waals surface area contributed by atoms with Gasteiger partial charge in [0.25, 0.3) is 17.7 Å². The van der Waals surface area contributed by atoms with Crippen LogP contribution in [0, 0.1) is 5.92 Å². The number of carbonyl (C=O) groups is 5. The van der Waals surface area contributed by atoms with Crippen molar-refractivity contribution in [3.8, 4) is 0 Å². The van der Waals surface area contributed by atoms with Gasteiger partial charge in [-0.1, -0.05) is 20.3 Å². The Morgan fingerprint density at radius 1 is 1.06 bits per heavy atom. The molecule has 0 saturated carbocycles. The number of hydrogen-bond acceptors (Lipinski definition) is 8. The van der Waals surface area contributed by atoms with Crippen molar-refractivity contribution in [2.24, 2.45) is 5.92 Å². The number of piperidine rings is 2. The zero-order valence-electron chi connectivity index (χ0n) is 20.7. The van der Waals surface area contributed by atoms with E-state index in [0.717, 1.165) is 35.7 Å². The lowest BCUT2D eigenvalue weighted by molar-refractivity contribution is -0.152. The monoisotopic (exact) mass is 502 g/mol. The minimum Gasteiger partial charge on any atom is -0.480 e. The van der Waals surface area contributed by atoms with Crippen LogP contribution in [0.5, 0.6) is 0 Å². The molecule has 0 aromatic heterocycles. The van der Waals surface area contributed by atoms with Gasteiger partial charge in [0, 0.05) is 12.1 Å². The average molecular weight is 503 g/mol. The molecule has 0 bridgehead atoms. The zero-order valence-corrected chi connectivity index (χ0v) is 20.7. The quantitative estimate of drug-likeness (QED) is 0.380. The van der Waals surface area contributed by atoms with Gasteiger partial charge in [0.05, 0.1) is 24.3 Å². The number of aliphatic hydroxyl groups is 1. The Balaban J connectivity index is 0.000000236. The second kappa shape index (κ2) is 11.6.